The summed E-state index contributed by atoms with van der Waals surface area (Å²) >= 11 is 4.27. The molecule has 0 atom stereocenters. The third kappa shape index (κ3) is 3.41. The second-order valence-corrected chi connectivity index (χ2v) is 5.03. The second kappa shape index (κ2) is 5.97. The van der Waals surface area contributed by atoms with E-state index in [0.717, 1.165) is 0 Å². The van der Waals surface area contributed by atoms with Crippen LogP contribution in [0.2, 0.25) is 0 Å². The lowest BCUT2D eigenvalue weighted by Gasteiger charge is -2.30. The fourth-order valence-electron chi connectivity index (χ4n) is 2.10. The van der Waals surface area contributed by atoms with Gasteiger partial charge >= 0.3 is 12.0 Å². The van der Waals surface area contributed by atoms with Crippen LogP contribution < -0.4 is 5.32 Å². The van der Waals surface area contributed by atoms with Gasteiger partial charge in [0.15, 0.2) is 0 Å². The smallest absolute Gasteiger partial charge is 0.321 e. The van der Waals surface area contributed by atoms with Gasteiger partial charge in [0, 0.05) is 18.0 Å². The highest BCUT2D eigenvalue weighted by molar-refractivity contribution is 7.80. The largest absolute Gasteiger partial charge is 0.481 e. The summed E-state index contributed by atoms with van der Waals surface area (Å²) in [5.41, 5.74) is 0.663. The minimum Gasteiger partial charge on any atom is -0.481 e. The minimum absolute atomic E-state index is 0.203. The molecule has 102 valence electrons. The molecule has 1 aromatic rings. The Balaban J connectivity index is 1.92. The number of hydrogen-bond donors (Lipinski definition) is 3. The highest BCUT2D eigenvalue weighted by Crippen LogP contribution is 2.21. The van der Waals surface area contributed by atoms with Crippen molar-refractivity contribution in [2.45, 2.75) is 17.7 Å². The number of nitrogens with zero attached hydrogens (tertiary/aromatic N) is 1. The average Bonchev–Trinajstić information content (AvgIpc) is 2.41. The number of aliphatic carboxylic acids is 1. The quantitative estimate of drug-likeness (QED) is 0.728. The summed E-state index contributed by atoms with van der Waals surface area (Å²) in [6, 6.07) is 7.05. The molecule has 1 saturated heterocycles. The topological polar surface area (TPSA) is 69.6 Å². The molecule has 2 amide bonds. The van der Waals surface area contributed by atoms with Crippen molar-refractivity contribution in [1.29, 1.82) is 0 Å². The van der Waals surface area contributed by atoms with E-state index in [-0.39, 0.29) is 11.9 Å². The number of para-hydroxylation sites is 1. The van der Waals surface area contributed by atoms with Crippen LogP contribution in [0.5, 0.6) is 0 Å². The first kappa shape index (κ1) is 13.7. The number of urea groups is 1. The molecule has 2 rings (SSSR count). The van der Waals surface area contributed by atoms with Gasteiger partial charge in [0.25, 0.3) is 0 Å². The van der Waals surface area contributed by atoms with E-state index < -0.39 is 5.97 Å². The van der Waals surface area contributed by atoms with Crippen LogP contribution in [0.3, 0.4) is 0 Å². The van der Waals surface area contributed by atoms with Crippen molar-refractivity contribution in [3.05, 3.63) is 24.3 Å². The lowest BCUT2D eigenvalue weighted by atomic mass is 9.97. The Kier molecular flexibility index (Phi) is 4.31. The molecule has 0 aliphatic carbocycles. The molecular weight excluding hydrogens is 264 g/mol. The fraction of sp³-hybridized carbons (Fsp3) is 0.385. The van der Waals surface area contributed by atoms with Gasteiger partial charge in [-0.3, -0.25) is 4.79 Å². The Labute approximate surface area is 117 Å². The first-order valence-electron chi connectivity index (χ1n) is 6.14. The van der Waals surface area contributed by atoms with Gasteiger partial charge in [-0.25, -0.2) is 4.79 Å². The third-order valence-electron chi connectivity index (χ3n) is 3.28. The second-order valence-electron chi connectivity index (χ2n) is 4.55. The molecular formula is C13H16N2O3S. The number of rotatable bonds is 2. The zero-order chi connectivity index (χ0) is 13.8. The van der Waals surface area contributed by atoms with Crippen molar-refractivity contribution in [3.8, 4) is 0 Å². The number of carboxylic acids is 1. The minimum atomic E-state index is -0.777. The normalized spacial score (nSPS) is 16.2. The summed E-state index contributed by atoms with van der Waals surface area (Å²) < 4.78 is 0. The molecule has 1 aliphatic rings. The molecule has 0 spiro atoms. The number of likely N-dealkylation sites (tertiary alicyclic amines) is 1. The lowest BCUT2D eigenvalue weighted by molar-refractivity contribution is -0.143. The molecule has 0 saturated carbocycles. The Morgan fingerprint density at radius 2 is 1.89 bits per heavy atom. The van der Waals surface area contributed by atoms with Gasteiger partial charge in [-0.1, -0.05) is 12.1 Å². The van der Waals surface area contributed by atoms with Crippen LogP contribution in [0.1, 0.15) is 12.8 Å². The van der Waals surface area contributed by atoms with Crippen LogP contribution in [0, 0.1) is 5.92 Å². The van der Waals surface area contributed by atoms with Crippen molar-refractivity contribution < 1.29 is 14.7 Å². The number of anilines is 1. The van der Waals surface area contributed by atoms with E-state index in [1.807, 2.05) is 12.1 Å². The van der Waals surface area contributed by atoms with Gasteiger partial charge in [-0.15, -0.1) is 12.6 Å². The molecule has 1 heterocycles. The van der Waals surface area contributed by atoms with Crippen LogP contribution in [-0.4, -0.2) is 35.1 Å². The van der Waals surface area contributed by atoms with Crippen molar-refractivity contribution >= 4 is 30.3 Å². The summed E-state index contributed by atoms with van der Waals surface area (Å²) in [7, 11) is 0. The monoisotopic (exact) mass is 280 g/mol. The third-order valence-corrected chi connectivity index (χ3v) is 3.67. The summed E-state index contributed by atoms with van der Waals surface area (Å²) in [5, 5.41) is 11.7. The standard InChI is InChI=1S/C13H16N2O3S/c16-12(17)9-5-7-15(8-6-9)13(18)14-10-3-1-2-4-11(10)19/h1-4,9,19H,5-8H2,(H,14,18)(H,16,17). The number of piperidine rings is 1. The highest BCUT2D eigenvalue weighted by atomic mass is 32.1. The maximum atomic E-state index is 12.0. The number of nitrogens with one attached hydrogen (secondary N) is 1. The Morgan fingerprint density at radius 1 is 1.26 bits per heavy atom. The number of thiol groups is 1. The van der Waals surface area contributed by atoms with Crippen LogP contribution in [0.15, 0.2) is 29.2 Å². The lowest BCUT2D eigenvalue weighted by Crippen LogP contribution is -2.42. The predicted octanol–water partition coefficient (Wildman–Crippen LogP) is 2.30. The first-order chi connectivity index (χ1) is 9.08. The fourth-order valence-corrected chi connectivity index (χ4v) is 2.32. The maximum absolute atomic E-state index is 12.0. The average molecular weight is 280 g/mol. The maximum Gasteiger partial charge on any atom is 0.321 e. The number of carbonyl (C=O) groups excluding carboxylic acids is 1. The van der Waals surface area contributed by atoms with Crippen LogP contribution in [0.4, 0.5) is 10.5 Å². The van der Waals surface area contributed by atoms with E-state index in [0.29, 0.717) is 36.5 Å². The first-order valence-corrected chi connectivity index (χ1v) is 6.59. The molecule has 1 aliphatic heterocycles. The van der Waals surface area contributed by atoms with E-state index >= 15 is 0 Å². The summed E-state index contributed by atoms with van der Waals surface area (Å²) in [6.45, 7) is 0.940. The number of carboxylic acid groups (broad SMARTS) is 1. The Morgan fingerprint density at radius 3 is 2.47 bits per heavy atom. The van der Waals surface area contributed by atoms with Gasteiger partial charge in [0.05, 0.1) is 11.6 Å². The van der Waals surface area contributed by atoms with E-state index in [1.165, 1.54) is 0 Å². The summed E-state index contributed by atoms with van der Waals surface area (Å²) in [4.78, 5) is 25.2. The summed E-state index contributed by atoms with van der Waals surface area (Å²) in [5.74, 6) is -1.11. The number of hydrogen-bond acceptors (Lipinski definition) is 3. The number of benzene rings is 1. The van der Waals surface area contributed by atoms with Gasteiger partial charge in [-0.05, 0) is 25.0 Å². The molecule has 2 N–H and O–H groups in total. The summed E-state index contributed by atoms with van der Waals surface area (Å²) in [6.07, 6.45) is 1.01. The molecule has 1 aromatic carbocycles. The van der Waals surface area contributed by atoms with Gasteiger partial charge < -0.3 is 15.3 Å². The molecule has 6 heteroatoms. The van der Waals surface area contributed by atoms with E-state index in [2.05, 4.69) is 17.9 Å². The molecule has 1 fully saturated rings. The zero-order valence-corrected chi connectivity index (χ0v) is 11.3. The van der Waals surface area contributed by atoms with Gasteiger partial charge in [-0.2, -0.15) is 0 Å². The molecule has 0 bridgehead atoms. The Hall–Kier alpha value is -1.69. The zero-order valence-electron chi connectivity index (χ0n) is 10.4. The van der Waals surface area contributed by atoms with Gasteiger partial charge in [0.2, 0.25) is 0 Å². The molecule has 0 aromatic heterocycles. The van der Waals surface area contributed by atoms with E-state index in [4.69, 9.17) is 5.11 Å². The number of amides is 2. The van der Waals surface area contributed by atoms with Crippen molar-refractivity contribution in [2.75, 3.05) is 18.4 Å². The molecule has 19 heavy (non-hydrogen) atoms. The molecule has 0 unspecified atom stereocenters. The van der Waals surface area contributed by atoms with E-state index in [9.17, 15) is 9.59 Å². The number of carbonyl (C=O) groups is 2. The van der Waals surface area contributed by atoms with E-state index in [1.54, 1.807) is 17.0 Å². The van der Waals surface area contributed by atoms with Gasteiger partial charge in [0.1, 0.15) is 0 Å². The van der Waals surface area contributed by atoms with Crippen molar-refractivity contribution in [2.24, 2.45) is 5.92 Å². The molecule has 5 nitrogen and oxygen atoms in total. The SMILES string of the molecule is O=C(O)C1CCN(C(=O)Nc2ccccc2S)CC1. The van der Waals surface area contributed by atoms with Crippen LogP contribution in [-0.2, 0) is 4.79 Å². The predicted molar refractivity (Wildman–Crippen MR) is 74.6 cm³/mol. The Bertz CT molecular complexity index is 485. The molecule has 0 radical (unpaired) electrons. The van der Waals surface area contributed by atoms with Crippen molar-refractivity contribution in [1.82, 2.24) is 4.90 Å². The van der Waals surface area contributed by atoms with Crippen LogP contribution >= 0.6 is 12.6 Å². The highest BCUT2D eigenvalue weighted by Gasteiger charge is 2.27. The van der Waals surface area contributed by atoms with Crippen molar-refractivity contribution in [3.63, 3.8) is 0 Å². The van der Waals surface area contributed by atoms with Crippen LogP contribution in [0.25, 0.3) is 0 Å².